The highest BCUT2D eigenvalue weighted by Crippen LogP contribution is 2.28. The maximum atomic E-state index is 11.9. The Morgan fingerprint density at radius 1 is 1.22 bits per heavy atom. The first-order chi connectivity index (χ1) is 13.2. The number of amides is 1. The van der Waals surface area contributed by atoms with Gasteiger partial charge >= 0.3 is 0 Å². The highest BCUT2D eigenvalue weighted by Gasteiger charge is 2.22. The van der Waals surface area contributed by atoms with Gasteiger partial charge in [0.2, 0.25) is 5.95 Å². The number of aromatic nitrogens is 3. The number of carbonyl (C=O) groups excluding carboxylic acids is 1. The summed E-state index contributed by atoms with van der Waals surface area (Å²) in [7, 11) is 1.64. The fourth-order valence-corrected chi connectivity index (χ4v) is 3.50. The molecule has 7 nitrogen and oxygen atoms in total. The summed E-state index contributed by atoms with van der Waals surface area (Å²) < 4.78 is 2.17. The fraction of sp³-hybridized carbons (Fsp3) is 0.350. The van der Waals surface area contributed by atoms with E-state index < -0.39 is 6.61 Å². The zero-order valence-corrected chi connectivity index (χ0v) is 15.4. The maximum Gasteiger partial charge on any atom is 0.252 e. The molecule has 2 aromatic heterocycles. The van der Waals surface area contributed by atoms with Crippen LogP contribution in [-0.4, -0.2) is 52.3 Å². The lowest BCUT2D eigenvalue weighted by molar-refractivity contribution is -0.120. The highest BCUT2D eigenvalue weighted by molar-refractivity contribution is 5.95. The van der Waals surface area contributed by atoms with E-state index in [-0.39, 0.29) is 5.91 Å². The summed E-state index contributed by atoms with van der Waals surface area (Å²) in [5.41, 5.74) is 3.38. The Balaban J connectivity index is 1.81. The molecule has 27 heavy (non-hydrogen) atoms. The number of carbonyl (C=O) groups is 1. The number of nitrogens with zero attached hydrogens (tertiary/aromatic N) is 5. The van der Waals surface area contributed by atoms with Crippen LogP contribution in [0.2, 0.25) is 0 Å². The van der Waals surface area contributed by atoms with E-state index in [1.807, 2.05) is 24.3 Å². The molecule has 0 bridgehead atoms. The molecule has 3 aromatic rings. The second-order valence-corrected chi connectivity index (χ2v) is 6.82. The van der Waals surface area contributed by atoms with Gasteiger partial charge in [-0.25, -0.2) is 4.98 Å². The standard InChI is InChI=1S/C20H23N5O2/c1-23(18(27)14-26)16-11-17-19(21-12-16)22-20(24-9-5-6-10-24)25(17)13-15-7-3-2-4-8-15/h2-4,7-8,11-12,26H,5-6,9-10,13-14H2,1H3. The Kier molecular flexibility index (Phi) is 4.77. The minimum atomic E-state index is -0.531. The quantitative estimate of drug-likeness (QED) is 0.749. The van der Waals surface area contributed by atoms with E-state index in [2.05, 4.69) is 26.6 Å². The summed E-state index contributed by atoms with van der Waals surface area (Å²) in [5, 5.41) is 9.14. The zero-order valence-electron chi connectivity index (χ0n) is 15.4. The van der Waals surface area contributed by atoms with Crippen LogP contribution in [0.1, 0.15) is 18.4 Å². The molecular formula is C20H23N5O2. The Morgan fingerprint density at radius 2 is 1.96 bits per heavy atom. The smallest absolute Gasteiger partial charge is 0.252 e. The van der Waals surface area contributed by atoms with Crippen molar-refractivity contribution in [2.24, 2.45) is 0 Å². The van der Waals surface area contributed by atoms with Crippen LogP contribution in [0.25, 0.3) is 11.2 Å². The number of hydrogen-bond donors (Lipinski definition) is 1. The SMILES string of the molecule is CN(C(=O)CO)c1cnc2nc(N3CCCC3)n(Cc3ccccc3)c2c1. The Morgan fingerprint density at radius 3 is 2.67 bits per heavy atom. The van der Waals surface area contributed by atoms with Crippen LogP contribution in [-0.2, 0) is 11.3 Å². The van der Waals surface area contributed by atoms with Gasteiger partial charge in [0.25, 0.3) is 5.91 Å². The van der Waals surface area contributed by atoms with Gasteiger partial charge in [-0.1, -0.05) is 30.3 Å². The van der Waals surface area contributed by atoms with E-state index in [1.54, 1.807) is 13.2 Å². The molecule has 1 aliphatic heterocycles. The van der Waals surface area contributed by atoms with Gasteiger partial charge in [0, 0.05) is 20.1 Å². The lowest BCUT2D eigenvalue weighted by Gasteiger charge is -2.19. The number of aliphatic hydroxyl groups excluding tert-OH is 1. The second kappa shape index (κ2) is 7.36. The summed E-state index contributed by atoms with van der Waals surface area (Å²) in [6.45, 7) is 2.14. The Hall–Kier alpha value is -2.93. The molecule has 0 radical (unpaired) electrons. The van der Waals surface area contributed by atoms with Gasteiger partial charge < -0.3 is 19.5 Å². The second-order valence-electron chi connectivity index (χ2n) is 6.82. The van der Waals surface area contributed by atoms with Crippen molar-refractivity contribution in [3.8, 4) is 0 Å². The van der Waals surface area contributed by atoms with Crippen LogP contribution in [0.4, 0.5) is 11.6 Å². The predicted molar refractivity (Wildman–Crippen MR) is 105 cm³/mol. The molecule has 0 saturated carbocycles. The molecule has 0 spiro atoms. The molecule has 0 atom stereocenters. The molecule has 1 aliphatic rings. The number of imidazole rings is 1. The summed E-state index contributed by atoms with van der Waals surface area (Å²) >= 11 is 0. The number of fused-ring (bicyclic) bond motifs is 1. The molecule has 4 rings (SSSR count). The maximum absolute atomic E-state index is 11.9. The molecule has 1 saturated heterocycles. The third-order valence-electron chi connectivity index (χ3n) is 5.04. The molecule has 3 heterocycles. The van der Waals surface area contributed by atoms with Crippen molar-refractivity contribution in [1.29, 1.82) is 0 Å². The summed E-state index contributed by atoms with van der Waals surface area (Å²) in [6.07, 6.45) is 3.96. The predicted octanol–water partition coefficient (Wildman–Crippen LogP) is 2.03. The monoisotopic (exact) mass is 365 g/mol. The van der Waals surface area contributed by atoms with Crippen molar-refractivity contribution in [2.75, 3.05) is 36.5 Å². The van der Waals surface area contributed by atoms with Crippen LogP contribution in [0.3, 0.4) is 0 Å². The van der Waals surface area contributed by atoms with Gasteiger partial charge in [0.05, 0.1) is 23.9 Å². The molecule has 0 unspecified atom stereocenters. The summed E-state index contributed by atoms with van der Waals surface area (Å²) in [6, 6.07) is 12.2. The largest absolute Gasteiger partial charge is 0.387 e. The minimum Gasteiger partial charge on any atom is -0.387 e. The van der Waals surface area contributed by atoms with E-state index in [4.69, 9.17) is 10.1 Å². The fourth-order valence-electron chi connectivity index (χ4n) is 3.50. The minimum absolute atomic E-state index is 0.370. The van der Waals surface area contributed by atoms with Crippen molar-refractivity contribution in [3.05, 3.63) is 48.2 Å². The average Bonchev–Trinajstić information content (AvgIpc) is 3.35. The van der Waals surface area contributed by atoms with Crippen molar-refractivity contribution in [2.45, 2.75) is 19.4 Å². The summed E-state index contributed by atoms with van der Waals surface area (Å²) in [4.78, 5) is 24.8. The van der Waals surface area contributed by atoms with E-state index in [9.17, 15) is 4.79 Å². The molecule has 140 valence electrons. The third-order valence-corrected chi connectivity index (χ3v) is 5.04. The van der Waals surface area contributed by atoms with Gasteiger partial charge in [0.1, 0.15) is 6.61 Å². The van der Waals surface area contributed by atoms with Gasteiger partial charge in [-0.3, -0.25) is 4.79 Å². The first-order valence-corrected chi connectivity index (χ1v) is 9.20. The molecule has 1 aromatic carbocycles. The molecule has 1 fully saturated rings. The Bertz CT molecular complexity index is 948. The number of hydrogen-bond acceptors (Lipinski definition) is 5. The van der Waals surface area contributed by atoms with Crippen molar-refractivity contribution >= 4 is 28.7 Å². The number of rotatable bonds is 5. The normalized spacial score (nSPS) is 14.1. The van der Waals surface area contributed by atoms with Gasteiger partial charge in [-0.15, -0.1) is 0 Å². The Labute approximate surface area is 157 Å². The topological polar surface area (TPSA) is 74.5 Å². The lowest BCUT2D eigenvalue weighted by atomic mass is 10.2. The lowest BCUT2D eigenvalue weighted by Crippen LogP contribution is -2.28. The van der Waals surface area contributed by atoms with Crippen LogP contribution in [0.15, 0.2) is 42.6 Å². The number of anilines is 2. The highest BCUT2D eigenvalue weighted by atomic mass is 16.3. The third kappa shape index (κ3) is 3.38. The van der Waals surface area contributed by atoms with Gasteiger partial charge in [-0.05, 0) is 24.5 Å². The zero-order chi connectivity index (χ0) is 18.8. The number of benzene rings is 1. The summed E-state index contributed by atoms with van der Waals surface area (Å²) in [5.74, 6) is 0.553. The van der Waals surface area contributed by atoms with Crippen LogP contribution < -0.4 is 9.80 Å². The van der Waals surface area contributed by atoms with E-state index >= 15 is 0 Å². The van der Waals surface area contributed by atoms with Gasteiger partial charge in [-0.2, -0.15) is 4.98 Å². The van der Waals surface area contributed by atoms with Crippen LogP contribution in [0.5, 0.6) is 0 Å². The van der Waals surface area contributed by atoms with E-state index in [0.29, 0.717) is 17.9 Å². The number of likely N-dealkylation sites (N-methyl/N-ethyl adjacent to an activating group) is 1. The first kappa shape index (κ1) is 17.5. The molecule has 1 amide bonds. The van der Waals surface area contributed by atoms with E-state index in [1.165, 1.54) is 23.3 Å². The molecule has 7 heteroatoms. The van der Waals surface area contributed by atoms with E-state index in [0.717, 1.165) is 24.6 Å². The molecule has 0 aliphatic carbocycles. The number of aliphatic hydroxyl groups is 1. The van der Waals surface area contributed by atoms with Crippen molar-refractivity contribution < 1.29 is 9.90 Å². The molecule has 1 N–H and O–H groups in total. The van der Waals surface area contributed by atoms with Crippen LogP contribution >= 0.6 is 0 Å². The van der Waals surface area contributed by atoms with Crippen molar-refractivity contribution in [1.82, 2.24) is 14.5 Å². The number of pyridine rings is 1. The average molecular weight is 365 g/mol. The van der Waals surface area contributed by atoms with Crippen LogP contribution in [0, 0.1) is 0 Å². The van der Waals surface area contributed by atoms with Crippen molar-refractivity contribution in [3.63, 3.8) is 0 Å². The van der Waals surface area contributed by atoms with Gasteiger partial charge in [0.15, 0.2) is 5.65 Å². The molecular weight excluding hydrogens is 342 g/mol. The first-order valence-electron chi connectivity index (χ1n) is 9.20.